The molecule has 0 aliphatic heterocycles. The van der Waals surface area contributed by atoms with Crippen molar-refractivity contribution in [1.82, 2.24) is 10.3 Å². The van der Waals surface area contributed by atoms with Crippen molar-refractivity contribution in [2.24, 2.45) is 0 Å². The van der Waals surface area contributed by atoms with E-state index in [-0.39, 0.29) is 17.6 Å². The highest BCUT2D eigenvalue weighted by molar-refractivity contribution is 7.80. The molecule has 0 saturated carbocycles. The molecular weight excluding hydrogens is 446 g/mol. The summed E-state index contributed by atoms with van der Waals surface area (Å²) >= 11 is 11.6. The number of carbonyl (C=O) groups excluding carboxylic acids is 1. The Balaban J connectivity index is 1.42. The van der Waals surface area contributed by atoms with Crippen LogP contribution in [0.3, 0.4) is 0 Å². The number of aromatic nitrogens is 1. The highest BCUT2D eigenvalue weighted by Crippen LogP contribution is 2.30. The lowest BCUT2D eigenvalue weighted by molar-refractivity contribution is -0.121. The first kappa shape index (κ1) is 21.8. The van der Waals surface area contributed by atoms with Gasteiger partial charge in [0.25, 0.3) is 5.91 Å². The number of para-hydroxylation sites is 1. The maximum absolute atomic E-state index is 12.2. The molecule has 0 atom stereocenters. The molecule has 1 aromatic heterocycles. The summed E-state index contributed by atoms with van der Waals surface area (Å²) in [6.45, 7) is 3.74. The molecule has 0 unspecified atom stereocenters. The minimum Gasteiger partial charge on any atom is -0.483 e. The zero-order valence-electron chi connectivity index (χ0n) is 17.4. The van der Waals surface area contributed by atoms with Crippen molar-refractivity contribution in [2.45, 2.75) is 13.8 Å². The molecule has 0 aliphatic rings. The number of nitrogens with one attached hydrogen (secondary N) is 2. The molecule has 3 aromatic carbocycles. The van der Waals surface area contributed by atoms with Gasteiger partial charge in [0.05, 0.1) is 10.7 Å². The molecule has 0 bridgehead atoms. The number of amides is 1. The molecule has 0 aliphatic carbocycles. The van der Waals surface area contributed by atoms with Crippen LogP contribution in [0.2, 0.25) is 5.02 Å². The molecular formula is C24H20ClN3O3S. The van der Waals surface area contributed by atoms with E-state index in [1.165, 1.54) is 0 Å². The molecule has 4 rings (SSSR count). The minimum absolute atomic E-state index is 0.107. The predicted molar refractivity (Wildman–Crippen MR) is 130 cm³/mol. The van der Waals surface area contributed by atoms with Gasteiger partial charge in [0.1, 0.15) is 11.3 Å². The maximum atomic E-state index is 12.2. The van der Waals surface area contributed by atoms with Gasteiger partial charge in [0.15, 0.2) is 17.3 Å². The number of ether oxygens (including phenoxy) is 1. The van der Waals surface area contributed by atoms with Gasteiger partial charge >= 0.3 is 0 Å². The molecule has 4 aromatic rings. The van der Waals surface area contributed by atoms with Gasteiger partial charge in [-0.25, -0.2) is 4.98 Å². The summed E-state index contributed by atoms with van der Waals surface area (Å²) in [6.07, 6.45) is 0. The average Bonchev–Trinajstić information content (AvgIpc) is 3.18. The third kappa shape index (κ3) is 5.07. The topological polar surface area (TPSA) is 76.4 Å². The smallest absolute Gasteiger partial charge is 0.264 e. The van der Waals surface area contributed by atoms with Crippen LogP contribution >= 0.6 is 23.8 Å². The second-order valence-electron chi connectivity index (χ2n) is 7.24. The second kappa shape index (κ2) is 9.38. The van der Waals surface area contributed by atoms with Crippen LogP contribution in [-0.4, -0.2) is 22.6 Å². The van der Waals surface area contributed by atoms with E-state index in [4.69, 9.17) is 33.0 Å². The third-order valence-corrected chi connectivity index (χ3v) is 5.24. The van der Waals surface area contributed by atoms with E-state index in [0.717, 1.165) is 22.2 Å². The number of halogens is 1. The number of carbonyl (C=O) groups is 1. The fourth-order valence-electron chi connectivity index (χ4n) is 3.09. The standard InChI is InChI=1S/C24H20ClN3O3S/c1-14-7-10-21-19(11-14)26-23(31-21)16-8-9-17(25)18(12-16)27-24(32)28-22(29)13-30-20-6-4-3-5-15(20)2/h3-12H,13H2,1-2H3,(H2,27,28,29,32). The molecule has 8 heteroatoms. The lowest BCUT2D eigenvalue weighted by Crippen LogP contribution is -2.37. The molecule has 0 fully saturated rings. The number of benzene rings is 3. The number of oxazole rings is 1. The van der Waals surface area contributed by atoms with Gasteiger partial charge in [-0.2, -0.15) is 0 Å². The first-order valence-electron chi connectivity index (χ1n) is 9.85. The zero-order chi connectivity index (χ0) is 22.7. The van der Waals surface area contributed by atoms with Crippen LogP contribution in [0.4, 0.5) is 5.69 Å². The van der Waals surface area contributed by atoms with Crippen LogP contribution in [0.15, 0.2) is 65.1 Å². The normalized spacial score (nSPS) is 10.7. The van der Waals surface area contributed by atoms with Crippen LogP contribution in [-0.2, 0) is 4.79 Å². The van der Waals surface area contributed by atoms with E-state index < -0.39 is 0 Å². The summed E-state index contributed by atoms with van der Waals surface area (Å²) < 4.78 is 11.4. The number of hydrogen-bond donors (Lipinski definition) is 2. The van der Waals surface area contributed by atoms with Gasteiger partial charge in [-0.15, -0.1) is 0 Å². The number of aryl methyl sites for hydroxylation is 2. The Morgan fingerprint density at radius 3 is 2.75 bits per heavy atom. The first-order valence-corrected chi connectivity index (χ1v) is 10.6. The minimum atomic E-state index is -0.382. The quantitative estimate of drug-likeness (QED) is 0.370. The zero-order valence-corrected chi connectivity index (χ0v) is 19.0. The predicted octanol–water partition coefficient (Wildman–Crippen LogP) is 5.66. The van der Waals surface area contributed by atoms with E-state index >= 15 is 0 Å². The summed E-state index contributed by atoms with van der Waals surface area (Å²) in [5.74, 6) is 0.727. The van der Waals surface area contributed by atoms with Gasteiger partial charge in [0, 0.05) is 5.56 Å². The Morgan fingerprint density at radius 2 is 1.94 bits per heavy atom. The molecule has 0 radical (unpaired) electrons. The van der Waals surface area contributed by atoms with E-state index in [9.17, 15) is 4.79 Å². The number of hydrogen-bond acceptors (Lipinski definition) is 5. The van der Waals surface area contributed by atoms with Crippen LogP contribution in [0.5, 0.6) is 5.75 Å². The Hall–Kier alpha value is -3.42. The second-order valence-corrected chi connectivity index (χ2v) is 8.06. The Bertz CT molecular complexity index is 1320. The summed E-state index contributed by atoms with van der Waals surface area (Å²) in [7, 11) is 0. The average molecular weight is 466 g/mol. The van der Waals surface area contributed by atoms with Crippen molar-refractivity contribution in [3.8, 4) is 17.2 Å². The lowest BCUT2D eigenvalue weighted by atomic mass is 10.2. The SMILES string of the molecule is Cc1ccc2oc(-c3ccc(Cl)c(NC(=S)NC(=O)COc4ccccc4C)c3)nc2c1. The summed E-state index contributed by atoms with van der Waals surface area (Å²) in [5.41, 5.74) is 4.77. The number of nitrogens with zero attached hydrogens (tertiary/aromatic N) is 1. The highest BCUT2D eigenvalue weighted by atomic mass is 35.5. The molecule has 162 valence electrons. The fourth-order valence-corrected chi connectivity index (χ4v) is 3.48. The monoisotopic (exact) mass is 465 g/mol. The Labute approximate surface area is 195 Å². The van der Waals surface area contributed by atoms with Crippen LogP contribution < -0.4 is 15.4 Å². The van der Waals surface area contributed by atoms with Gasteiger partial charge in [-0.05, 0) is 73.6 Å². The summed E-state index contributed by atoms with van der Waals surface area (Å²) in [5, 5.41) is 6.08. The van der Waals surface area contributed by atoms with Crippen LogP contribution in [0.25, 0.3) is 22.6 Å². The Kier molecular flexibility index (Phi) is 6.39. The van der Waals surface area contributed by atoms with Crippen molar-refractivity contribution in [3.05, 3.63) is 76.8 Å². The lowest BCUT2D eigenvalue weighted by Gasteiger charge is -2.12. The Morgan fingerprint density at radius 1 is 1.12 bits per heavy atom. The first-order chi connectivity index (χ1) is 15.4. The molecule has 0 spiro atoms. The fraction of sp³-hybridized carbons (Fsp3) is 0.125. The van der Waals surface area contributed by atoms with Crippen molar-refractivity contribution >= 4 is 51.6 Å². The maximum Gasteiger partial charge on any atom is 0.264 e. The molecule has 0 saturated heterocycles. The van der Waals surface area contributed by atoms with Gasteiger partial charge in [-0.3, -0.25) is 10.1 Å². The number of fused-ring (bicyclic) bond motifs is 1. The van der Waals surface area contributed by atoms with Crippen molar-refractivity contribution in [2.75, 3.05) is 11.9 Å². The van der Waals surface area contributed by atoms with E-state index in [2.05, 4.69) is 15.6 Å². The molecule has 32 heavy (non-hydrogen) atoms. The molecule has 6 nitrogen and oxygen atoms in total. The third-order valence-electron chi connectivity index (χ3n) is 4.71. The van der Waals surface area contributed by atoms with Crippen LogP contribution in [0.1, 0.15) is 11.1 Å². The van der Waals surface area contributed by atoms with E-state index in [1.807, 2.05) is 56.3 Å². The number of rotatable bonds is 5. The largest absolute Gasteiger partial charge is 0.483 e. The van der Waals surface area contributed by atoms with E-state index in [0.29, 0.717) is 27.9 Å². The van der Waals surface area contributed by atoms with Crippen molar-refractivity contribution in [3.63, 3.8) is 0 Å². The van der Waals surface area contributed by atoms with E-state index in [1.54, 1.807) is 18.2 Å². The van der Waals surface area contributed by atoms with Gasteiger partial charge < -0.3 is 14.5 Å². The molecule has 1 heterocycles. The number of thiocarbonyl (C=S) groups is 1. The summed E-state index contributed by atoms with van der Waals surface area (Å²) in [6, 6.07) is 18.6. The van der Waals surface area contributed by atoms with Crippen LogP contribution in [0, 0.1) is 13.8 Å². The van der Waals surface area contributed by atoms with Gasteiger partial charge in [0.2, 0.25) is 5.89 Å². The van der Waals surface area contributed by atoms with Crippen molar-refractivity contribution < 1.29 is 13.9 Å². The van der Waals surface area contributed by atoms with Crippen molar-refractivity contribution in [1.29, 1.82) is 0 Å². The van der Waals surface area contributed by atoms with Gasteiger partial charge in [-0.1, -0.05) is 35.9 Å². The highest BCUT2D eigenvalue weighted by Gasteiger charge is 2.13. The summed E-state index contributed by atoms with van der Waals surface area (Å²) in [4.78, 5) is 16.8. The molecule has 2 N–H and O–H groups in total. The number of anilines is 1. The molecule has 1 amide bonds.